The van der Waals surface area contributed by atoms with Crippen molar-refractivity contribution in [3.63, 3.8) is 0 Å². The van der Waals surface area contributed by atoms with Crippen molar-refractivity contribution >= 4 is 17.2 Å². The zero-order valence-corrected chi connectivity index (χ0v) is 12.7. The van der Waals surface area contributed by atoms with Crippen molar-refractivity contribution in [2.75, 3.05) is 18.5 Å². The molecule has 0 spiro atoms. The lowest BCUT2D eigenvalue weighted by Crippen LogP contribution is -2.13. The number of nitrogens with one attached hydrogen (secondary N) is 1. The molecule has 10 heteroatoms. The number of hydrogen-bond acceptors (Lipinski definition) is 6. The first-order chi connectivity index (χ1) is 12.0. The molecule has 0 unspecified atom stereocenters. The highest BCUT2D eigenvalue weighted by Gasteiger charge is 2.37. The molecule has 7 nitrogen and oxygen atoms in total. The summed E-state index contributed by atoms with van der Waals surface area (Å²) in [5, 5.41) is 13.5. The third-order valence-electron chi connectivity index (χ3n) is 3.54. The van der Waals surface area contributed by atoms with Gasteiger partial charge in [-0.2, -0.15) is 17.7 Å². The van der Waals surface area contributed by atoms with Crippen LogP contribution in [0.15, 0.2) is 30.3 Å². The second kappa shape index (κ2) is 5.80. The van der Waals surface area contributed by atoms with Gasteiger partial charge in [0, 0.05) is 18.2 Å². The number of ether oxygens (including phenoxy) is 2. The van der Waals surface area contributed by atoms with E-state index < -0.39 is 12.0 Å². The third kappa shape index (κ3) is 3.02. The van der Waals surface area contributed by atoms with Gasteiger partial charge in [-0.25, -0.2) is 0 Å². The lowest BCUT2D eigenvalue weighted by Gasteiger charge is -2.11. The SMILES string of the molecule is FC(F)(F)c1nnc2ccc(Nc3ccc4c(c3)OCCCO4)nn12. The maximum absolute atomic E-state index is 12.9. The van der Waals surface area contributed by atoms with Gasteiger partial charge in [0.05, 0.1) is 13.2 Å². The molecule has 1 aromatic carbocycles. The summed E-state index contributed by atoms with van der Waals surface area (Å²) in [7, 11) is 0. The van der Waals surface area contributed by atoms with Crippen molar-refractivity contribution in [1.82, 2.24) is 19.8 Å². The Labute approximate surface area is 139 Å². The normalized spacial score (nSPS) is 14.4. The van der Waals surface area contributed by atoms with Crippen molar-refractivity contribution in [3.8, 4) is 11.5 Å². The Balaban J connectivity index is 1.65. The maximum Gasteiger partial charge on any atom is 0.453 e. The summed E-state index contributed by atoms with van der Waals surface area (Å²) in [6, 6.07) is 8.11. The number of hydrogen-bond donors (Lipinski definition) is 1. The van der Waals surface area contributed by atoms with Crippen molar-refractivity contribution in [3.05, 3.63) is 36.2 Å². The Hall–Kier alpha value is -3.04. The van der Waals surface area contributed by atoms with E-state index >= 15 is 0 Å². The number of halogens is 3. The Morgan fingerprint density at radius 1 is 1.00 bits per heavy atom. The molecule has 0 radical (unpaired) electrons. The molecule has 4 rings (SSSR count). The second-order valence-electron chi connectivity index (χ2n) is 5.35. The van der Waals surface area contributed by atoms with Crippen LogP contribution in [0.3, 0.4) is 0 Å². The van der Waals surface area contributed by atoms with Crippen LogP contribution < -0.4 is 14.8 Å². The lowest BCUT2D eigenvalue weighted by molar-refractivity contribution is -0.146. The van der Waals surface area contributed by atoms with Crippen molar-refractivity contribution in [2.45, 2.75) is 12.6 Å². The molecule has 3 aromatic rings. The lowest BCUT2D eigenvalue weighted by atomic mass is 10.2. The summed E-state index contributed by atoms with van der Waals surface area (Å²) < 4.78 is 50.6. The minimum atomic E-state index is -4.64. The molecule has 3 heterocycles. The van der Waals surface area contributed by atoms with E-state index in [-0.39, 0.29) is 11.5 Å². The molecule has 1 aliphatic heterocycles. The Morgan fingerprint density at radius 3 is 2.60 bits per heavy atom. The van der Waals surface area contributed by atoms with Crippen LogP contribution in [0.5, 0.6) is 11.5 Å². The van der Waals surface area contributed by atoms with Crippen LogP contribution in [0.4, 0.5) is 24.7 Å². The molecule has 0 saturated heterocycles. The third-order valence-corrected chi connectivity index (χ3v) is 3.54. The van der Waals surface area contributed by atoms with E-state index in [2.05, 4.69) is 20.6 Å². The van der Waals surface area contributed by atoms with Gasteiger partial charge >= 0.3 is 6.18 Å². The quantitative estimate of drug-likeness (QED) is 0.765. The number of anilines is 2. The van der Waals surface area contributed by atoms with Crippen LogP contribution in [-0.2, 0) is 6.18 Å². The van der Waals surface area contributed by atoms with Gasteiger partial charge in [0.2, 0.25) is 0 Å². The first-order valence-corrected chi connectivity index (χ1v) is 7.47. The summed E-state index contributed by atoms with van der Waals surface area (Å²) in [6.45, 7) is 1.11. The van der Waals surface area contributed by atoms with E-state index in [9.17, 15) is 13.2 Å². The van der Waals surface area contributed by atoms with Crippen molar-refractivity contribution in [2.24, 2.45) is 0 Å². The molecule has 130 valence electrons. The number of alkyl halides is 3. The molecule has 25 heavy (non-hydrogen) atoms. The average Bonchev–Trinajstić information content (AvgIpc) is 2.86. The number of benzene rings is 1. The fourth-order valence-electron chi connectivity index (χ4n) is 2.42. The molecule has 2 aromatic heterocycles. The monoisotopic (exact) mass is 351 g/mol. The van der Waals surface area contributed by atoms with E-state index in [1.165, 1.54) is 12.1 Å². The minimum Gasteiger partial charge on any atom is -0.490 e. The first-order valence-electron chi connectivity index (χ1n) is 7.47. The summed E-state index contributed by atoms with van der Waals surface area (Å²) in [5.74, 6) is 0.241. The van der Waals surface area contributed by atoms with Crippen LogP contribution >= 0.6 is 0 Å². The highest BCUT2D eigenvalue weighted by Crippen LogP contribution is 2.33. The number of fused-ring (bicyclic) bond motifs is 2. The van der Waals surface area contributed by atoms with Crippen LogP contribution in [0.25, 0.3) is 5.65 Å². The van der Waals surface area contributed by atoms with Gasteiger partial charge < -0.3 is 14.8 Å². The molecule has 0 saturated carbocycles. The molecular formula is C15H12F3N5O2. The van der Waals surface area contributed by atoms with Gasteiger partial charge in [-0.05, 0) is 24.3 Å². The van der Waals surface area contributed by atoms with Gasteiger partial charge in [-0.3, -0.25) is 0 Å². The van der Waals surface area contributed by atoms with E-state index in [1.54, 1.807) is 18.2 Å². The molecule has 0 aliphatic carbocycles. The second-order valence-corrected chi connectivity index (χ2v) is 5.35. The molecule has 0 amide bonds. The van der Waals surface area contributed by atoms with Crippen LogP contribution in [0.2, 0.25) is 0 Å². The predicted octanol–water partition coefficient (Wildman–Crippen LogP) is 3.05. The number of aromatic nitrogens is 4. The largest absolute Gasteiger partial charge is 0.490 e. The summed E-state index contributed by atoms with van der Waals surface area (Å²) in [5.41, 5.74) is 0.620. The molecule has 1 aliphatic rings. The van der Waals surface area contributed by atoms with Crippen molar-refractivity contribution < 1.29 is 22.6 Å². The van der Waals surface area contributed by atoms with E-state index in [4.69, 9.17) is 9.47 Å². The van der Waals surface area contributed by atoms with Gasteiger partial charge in [-0.1, -0.05) is 0 Å². The van der Waals surface area contributed by atoms with Gasteiger partial charge in [0.1, 0.15) is 0 Å². The minimum absolute atomic E-state index is 0.0107. The van der Waals surface area contributed by atoms with E-state index in [0.29, 0.717) is 34.9 Å². The van der Waals surface area contributed by atoms with E-state index in [0.717, 1.165) is 6.42 Å². The number of rotatable bonds is 2. The van der Waals surface area contributed by atoms with Crippen LogP contribution in [0, 0.1) is 0 Å². The van der Waals surface area contributed by atoms with Crippen LogP contribution in [-0.4, -0.2) is 33.0 Å². The summed E-state index contributed by atoms with van der Waals surface area (Å²) in [6.07, 6.45) is -3.86. The highest BCUT2D eigenvalue weighted by atomic mass is 19.4. The topological polar surface area (TPSA) is 73.6 Å². The Kier molecular flexibility index (Phi) is 3.59. The Morgan fingerprint density at radius 2 is 1.80 bits per heavy atom. The maximum atomic E-state index is 12.9. The van der Waals surface area contributed by atoms with Crippen LogP contribution in [0.1, 0.15) is 12.2 Å². The smallest absolute Gasteiger partial charge is 0.453 e. The van der Waals surface area contributed by atoms with Gasteiger partial charge in [0.15, 0.2) is 23.0 Å². The van der Waals surface area contributed by atoms with E-state index in [1.807, 2.05) is 0 Å². The zero-order valence-electron chi connectivity index (χ0n) is 12.7. The zero-order chi connectivity index (χ0) is 17.4. The molecule has 0 atom stereocenters. The fraction of sp³-hybridized carbons (Fsp3) is 0.267. The fourth-order valence-corrected chi connectivity index (χ4v) is 2.42. The molecular weight excluding hydrogens is 339 g/mol. The molecule has 0 bridgehead atoms. The standard InChI is InChI=1S/C15H12F3N5O2/c16-15(17,18)14-21-20-13-5-4-12(22-23(13)14)19-9-2-3-10-11(8-9)25-7-1-6-24-10/h2-5,8H,1,6-7H2,(H,19,22). The summed E-state index contributed by atoms with van der Waals surface area (Å²) in [4.78, 5) is 0. The first kappa shape index (κ1) is 15.5. The van der Waals surface area contributed by atoms with Gasteiger partial charge in [-0.15, -0.1) is 15.3 Å². The highest BCUT2D eigenvalue weighted by molar-refractivity contribution is 5.62. The molecule has 0 fully saturated rings. The van der Waals surface area contributed by atoms with Gasteiger partial charge in [0.25, 0.3) is 5.82 Å². The summed E-state index contributed by atoms with van der Waals surface area (Å²) >= 11 is 0. The van der Waals surface area contributed by atoms with Crippen molar-refractivity contribution in [1.29, 1.82) is 0 Å². The molecule has 1 N–H and O–H groups in total. The number of nitrogens with zero attached hydrogens (tertiary/aromatic N) is 4. The predicted molar refractivity (Wildman–Crippen MR) is 81.1 cm³/mol. The average molecular weight is 351 g/mol. The Bertz CT molecular complexity index is 925.